The third kappa shape index (κ3) is 4.07. The maximum atomic E-state index is 12.8. The SMILES string of the molecule is Cc1nc2c(c(C)c1CCC(=O)N1CCC3CCC(C1)N3)c(=O)[nH]n2C.Cl.Cl. The van der Waals surface area contributed by atoms with E-state index < -0.39 is 0 Å². The number of amides is 1. The van der Waals surface area contributed by atoms with Crippen molar-refractivity contribution in [2.45, 2.75) is 58.0 Å². The molecule has 2 unspecified atom stereocenters. The second-order valence-corrected chi connectivity index (χ2v) is 7.77. The van der Waals surface area contributed by atoms with E-state index in [4.69, 9.17) is 0 Å². The molecule has 0 radical (unpaired) electrons. The Morgan fingerprint density at radius 3 is 2.64 bits per heavy atom. The molecule has 1 amide bonds. The number of H-pyrrole nitrogens is 1. The van der Waals surface area contributed by atoms with E-state index in [0.717, 1.165) is 36.3 Å². The van der Waals surface area contributed by atoms with Crippen molar-refractivity contribution in [2.75, 3.05) is 13.1 Å². The van der Waals surface area contributed by atoms with Gasteiger partial charge in [0.15, 0.2) is 5.65 Å². The summed E-state index contributed by atoms with van der Waals surface area (Å²) in [6.45, 7) is 5.59. The Hall–Kier alpha value is -1.57. The standard InChI is InChI=1S/C19H27N5O2.2ClH/c1-11-15(12(2)20-18-17(11)19(26)22-23(18)3)6-7-16(25)24-9-8-13-4-5-14(10-24)21-13;;/h13-14,21H,4-10H2,1-3H3,(H,22,26);2*1H. The molecule has 0 aliphatic carbocycles. The van der Waals surface area contributed by atoms with Crippen LogP contribution in [0.25, 0.3) is 11.0 Å². The molecule has 2 saturated heterocycles. The molecule has 2 aromatic rings. The minimum absolute atomic E-state index is 0. The first-order chi connectivity index (χ1) is 12.4. The number of likely N-dealkylation sites (tertiary alicyclic amines) is 1. The van der Waals surface area contributed by atoms with Crippen LogP contribution in [0.5, 0.6) is 0 Å². The molecule has 2 aromatic heterocycles. The van der Waals surface area contributed by atoms with Gasteiger partial charge in [-0.2, -0.15) is 0 Å². The number of fused-ring (bicyclic) bond motifs is 3. The number of nitrogens with zero attached hydrogens (tertiary/aromatic N) is 3. The molecule has 2 bridgehead atoms. The van der Waals surface area contributed by atoms with Crippen LogP contribution < -0.4 is 10.9 Å². The molecule has 2 atom stereocenters. The quantitative estimate of drug-likeness (QED) is 0.781. The molecule has 7 nitrogen and oxygen atoms in total. The lowest BCUT2D eigenvalue weighted by Gasteiger charge is -2.24. The number of pyridine rings is 1. The summed E-state index contributed by atoms with van der Waals surface area (Å²) in [6, 6.07) is 1.04. The average molecular weight is 430 g/mol. The highest BCUT2D eigenvalue weighted by Crippen LogP contribution is 2.23. The zero-order chi connectivity index (χ0) is 18.4. The summed E-state index contributed by atoms with van der Waals surface area (Å²) in [4.78, 5) is 31.6. The van der Waals surface area contributed by atoms with E-state index in [1.165, 1.54) is 12.8 Å². The summed E-state index contributed by atoms with van der Waals surface area (Å²) >= 11 is 0. The van der Waals surface area contributed by atoms with Crippen molar-refractivity contribution in [1.82, 2.24) is 25.0 Å². The molecule has 0 spiro atoms. The molecule has 9 heteroatoms. The highest BCUT2D eigenvalue weighted by Gasteiger charge is 2.31. The van der Waals surface area contributed by atoms with Crippen LogP contribution in [0, 0.1) is 13.8 Å². The van der Waals surface area contributed by atoms with E-state index >= 15 is 0 Å². The Morgan fingerprint density at radius 1 is 1.18 bits per heavy atom. The largest absolute Gasteiger partial charge is 0.341 e. The van der Waals surface area contributed by atoms with Crippen molar-refractivity contribution in [1.29, 1.82) is 0 Å². The first-order valence-electron chi connectivity index (χ1n) is 9.52. The third-order valence-electron chi connectivity index (χ3n) is 6.04. The molecule has 0 saturated carbocycles. The highest BCUT2D eigenvalue weighted by atomic mass is 35.5. The van der Waals surface area contributed by atoms with Crippen LogP contribution >= 0.6 is 24.8 Å². The highest BCUT2D eigenvalue weighted by molar-refractivity contribution is 5.85. The molecule has 4 rings (SSSR count). The fourth-order valence-corrected chi connectivity index (χ4v) is 4.58. The van der Waals surface area contributed by atoms with E-state index in [1.807, 2.05) is 18.7 Å². The van der Waals surface area contributed by atoms with E-state index in [-0.39, 0.29) is 36.3 Å². The molecule has 4 heterocycles. The van der Waals surface area contributed by atoms with Crippen molar-refractivity contribution >= 4 is 41.8 Å². The van der Waals surface area contributed by atoms with Gasteiger partial charge in [0.25, 0.3) is 5.56 Å². The molecule has 156 valence electrons. The summed E-state index contributed by atoms with van der Waals surface area (Å²) in [7, 11) is 1.79. The minimum Gasteiger partial charge on any atom is -0.341 e. The van der Waals surface area contributed by atoms with Gasteiger partial charge in [0.1, 0.15) is 0 Å². The summed E-state index contributed by atoms with van der Waals surface area (Å²) < 4.78 is 1.66. The number of rotatable bonds is 3. The van der Waals surface area contributed by atoms with Crippen LogP contribution in [-0.2, 0) is 18.3 Å². The first-order valence-corrected chi connectivity index (χ1v) is 9.52. The predicted molar refractivity (Wildman–Crippen MR) is 115 cm³/mol. The van der Waals surface area contributed by atoms with Crippen LogP contribution in [0.1, 0.15) is 42.5 Å². The predicted octanol–water partition coefficient (Wildman–Crippen LogP) is 2.01. The third-order valence-corrected chi connectivity index (χ3v) is 6.04. The zero-order valence-corrected chi connectivity index (χ0v) is 18.2. The normalized spacial score (nSPS) is 21.2. The molecule has 0 aromatic carbocycles. The second-order valence-electron chi connectivity index (χ2n) is 7.77. The maximum Gasteiger partial charge on any atom is 0.273 e. The minimum atomic E-state index is -0.116. The van der Waals surface area contributed by atoms with E-state index in [0.29, 0.717) is 36.0 Å². The number of aromatic amines is 1. The Kier molecular flexibility index (Phi) is 7.17. The van der Waals surface area contributed by atoms with Gasteiger partial charge in [-0.1, -0.05) is 0 Å². The van der Waals surface area contributed by atoms with Gasteiger partial charge in [0.2, 0.25) is 5.91 Å². The molecule has 2 N–H and O–H groups in total. The van der Waals surface area contributed by atoms with Gasteiger partial charge in [-0.25, -0.2) is 4.98 Å². The number of halogens is 2. The summed E-state index contributed by atoms with van der Waals surface area (Å²) in [5, 5.41) is 7.02. The van der Waals surface area contributed by atoms with Crippen LogP contribution in [0.2, 0.25) is 0 Å². The molecule has 2 fully saturated rings. The number of nitrogens with one attached hydrogen (secondary N) is 2. The van der Waals surface area contributed by atoms with Crippen LogP contribution in [0.3, 0.4) is 0 Å². The fourth-order valence-electron chi connectivity index (χ4n) is 4.58. The van der Waals surface area contributed by atoms with Crippen molar-refractivity contribution in [2.24, 2.45) is 7.05 Å². The average Bonchev–Trinajstić information content (AvgIpc) is 3.05. The van der Waals surface area contributed by atoms with Crippen molar-refractivity contribution in [3.8, 4) is 0 Å². The van der Waals surface area contributed by atoms with Crippen LogP contribution in [0.15, 0.2) is 4.79 Å². The molecular weight excluding hydrogens is 401 g/mol. The lowest BCUT2D eigenvalue weighted by atomic mass is 9.99. The lowest BCUT2D eigenvalue weighted by Crippen LogP contribution is -2.39. The first kappa shape index (κ1) is 22.7. The smallest absolute Gasteiger partial charge is 0.273 e. The summed E-state index contributed by atoms with van der Waals surface area (Å²) in [6.07, 6.45) is 4.56. The number of hydrogen-bond donors (Lipinski definition) is 2. The fraction of sp³-hybridized carbons (Fsp3) is 0.632. The van der Waals surface area contributed by atoms with Gasteiger partial charge in [0, 0.05) is 44.3 Å². The van der Waals surface area contributed by atoms with Gasteiger partial charge in [0.05, 0.1) is 5.39 Å². The van der Waals surface area contributed by atoms with E-state index in [2.05, 4.69) is 15.4 Å². The molecule has 2 aliphatic rings. The van der Waals surface area contributed by atoms with Gasteiger partial charge in [-0.15, -0.1) is 24.8 Å². The summed E-state index contributed by atoms with van der Waals surface area (Å²) in [5.41, 5.74) is 3.43. The van der Waals surface area contributed by atoms with Crippen LogP contribution in [-0.4, -0.2) is 50.7 Å². The van der Waals surface area contributed by atoms with E-state index in [9.17, 15) is 9.59 Å². The zero-order valence-electron chi connectivity index (χ0n) is 16.6. The van der Waals surface area contributed by atoms with E-state index in [1.54, 1.807) is 11.7 Å². The molecule has 28 heavy (non-hydrogen) atoms. The number of aryl methyl sites for hydroxylation is 3. The molecular formula is C19H29Cl2N5O2. The van der Waals surface area contributed by atoms with Gasteiger partial charge < -0.3 is 10.2 Å². The van der Waals surface area contributed by atoms with Crippen LogP contribution in [0.4, 0.5) is 0 Å². The van der Waals surface area contributed by atoms with Crippen molar-refractivity contribution in [3.05, 3.63) is 27.2 Å². The van der Waals surface area contributed by atoms with Crippen molar-refractivity contribution < 1.29 is 4.79 Å². The number of aromatic nitrogens is 3. The summed E-state index contributed by atoms with van der Waals surface area (Å²) in [5.74, 6) is 0.209. The Labute approximate surface area is 177 Å². The lowest BCUT2D eigenvalue weighted by molar-refractivity contribution is -0.131. The van der Waals surface area contributed by atoms with Gasteiger partial charge in [-0.3, -0.25) is 19.4 Å². The number of carbonyl (C=O) groups excluding carboxylic acids is 1. The van der Waals surface area contributed by atoms with Gasteiger partial charge in [-0.05, 0) is 50.7 Å². The topological polar surface area (TPSA) is 83.0 Å². The Bertz CT molecular complexity index is 923. The number of carbonyl (C=O) groups is 1. The second kappa shape index (κ2) is 8.84. The monoisotopic (exact) mass is 429 g/mol. The van der Waals surface area contributed by atoms with Gasteiger partial charge >= 0.3 is 0 Å². The Morgan fingerprint density at radius 2 is 1.89 bits per heavy atom. The molecule has 2 aliphatic heterocycles. The Balaban J connectivity index is 0.00000140. The maximum absolute atomic E-state index is 12.8. The number of hydrogen-bond acceptors (Lipinski definition) is 4. The van der Waals surface area contributed by atoms with Crippen molar-refractivity contribution in [3.63, 3.8) is 0 Å².